The molecule has 0 radical (unpaired) electrons. The van der Waals surface area contributed by atoms with E-state index in [0.717, 1.165) is 11.5 Å². The summed E-state index contributed by atoms with van der Waals surface area (Å²) in [5.41, 5.74) is 2.84. The van der Waals surface area contributed by atoms with Crippen LogP contribution in [0.2, 0.25) is 0 Å². The van der Waals surface area contributed by atoms with E-state index in [4.69, 9.17) is 0 Å². The minimum absolute atomic E-state index is 0.649. The highest BCUT2D eigenvalue weighted by Gasteiger charge is 2.14. The molecule has 2 aromatic carbocycles. The molecule has 0 spiro atoms. The predicted molar refractivity (Wildman–Crippen MR) is 94.1 cm³/mol. The molecule has 0 aliphatic carbocycles. The van der Waals surface area contributed by atoms with Crippen LogP contribution in [-0.2, 0) is 11.5 Å². The van der Waals surface area contributed by atoms with Gasteiger partial charge in [-0.15, -0.1) is 23.5 Å². The molecule has 0 N–H and O–H groups in total. The average Bonchev–Trinajstić information content (AvgIpc) is 2.49. The Morgan fingerprint density at radius 3 is 1.45 bits per heavy atom. The Morgan fingerprint density at radius 1 is 0.700 bits per heavy atom. The van der Waals surface area contributed by atoms with Gasteiger partial charge < -0.3 is 0 Å². The topological polar surface area (TPSA) is 0 Å². The van der Waals surface area contributed by atoms with E-state index in [9.17, 15) is 0 Å². The molecular weight excluding hydrogens is 280 g/mol. The largest absolute Gasteiger partial charge is 0.143 e. The van der Waals surface area contributed by atoms with Gasteiger partial charge in [-0.1, -0.05) is 74.5 Å². The standard InChI is InChI=1S/C18H22S2/c1-15(2)18(19-13-16-9-5-3-6-10-16)20-14-17-11-7-4-8-12-17/h3-12,15,18H,13-14H2,1-2H3. The molecule has 0 fully saturated rings. The first kappa shape index (κ1) is 15.5. The summed E-state index contributed by atoms with van der Waals surface area (Å²) in [4.78, 5) is 0. The van der Waals surface area contributed by atoms with Crippen LogP contribution in [0.25, 0.3) is 0 Å². The summed E-state index contributed by atoms with van der Waals surface area (Å²) in [7, 11) is 0. The molecule has 0 atom stereocenters. The zero-order valence-electron chi connectivity index (χ0n) is 12.2. The monoisotopic (exact) mass is 302 g/mol. The lowest BCUT2D eigenvalue weighted by Crippen LogP contribution is -2.07. The summed E-state index contributed by atoms with van der Waals surface area (Å²) >= 11 is 4.13. The summed E-state index contributed by atoms with van der Waals surface area (Å²) in [6.07, 6.45) is 0. The molecule has 0 saturated heterocycles. The van der Waals surface area contributed by atoms with Crippen molar-refractivity contribution < 1.29 is 0 Å². The summed E-state index contributed by atoms with van der Waals surface area (Å²) < 4.78 is 0.649. The van der Waals surface area contributed by atoms with E-state index in [1.165, 1.54) is 11.1 Å². The Hall–Kier alpha value is -0.860. The highest BCUT2D eigenvalue weighted by atomic mass is 32.2. The van der Waals surface area contributed by atoms with E-state index in [1.807, 2.05) is 0 Å². The van der Waals surface area contributed by atoms with Crippen molar-refractivity contribution in [3.05, 3.63) is 71.8 Å². The third-order valence-corrected chi connectivity index (χ3v) is 6.62. The molecule has 0 aliphatic rings. The number of hydrogen-bond donors (Lipinski definition) is 0. The van der Waals surface area contributed by atoms with Gasteiger partial charge in [0.2, 0.25) is 0 Å². The molecular formula is C18H22S2. The molecule has 0 aromatic heterocycles. The van der Waals surface area contributed by atoms with Gasteiger partial charge >= 0.3 is 0 Å². The molecule has 0 amide bonds. The molecule has 0 unspecified atom stereocenters. The van der Waals surface area contributed by atoms with Gasteiger partial charge in [0.25, 0.3) is 0 Å². The lowest BCUT2D eigenvalue weighted by molar-refractivity contribution is 0.720. The molecule has 2 aromatic rings. The van der Waals surface area contributed by atoms with Crippen molar-refractivity contribution in [3.8, 4) is 0 Å². The fourth-order valence-corrected chi connectivity index (χ4v) is 4.60. The predicted octanol–water partition coefficient (Wildman–Crippen LogP) is 5.84. The number of benzene rings is 2. The van der Waals surface area contributed by atoms with Gasteiger partial charge in [0, 0.05) is 11.5 Å². The second-order valence-electron chi connectivity index (χ2n) is 5.21. The Kier molecular flexibility index (Phi) is 6.55. The minimum atomic E-state index is 0.649. The summed E-state index contributed by atoms with van der Waals surface area (Å²) in [5, 5.41) is 0. The van der Waals surface area contributed by atoms with Crippen molar-refractivity contribution in [2.75, 3.05) is 0 Å². The second-order valence-corrected chi connectivity index (χ2v) is 7.76. The van der Waals surface area contributed by atoms with Crippen LogP contribution in [0.15, 0.2) is 60.7 Å². The van der Waals surface area contributed by atoms with E-state index < -0.39 is 0 Å². The lowest BCUT2D eigenvalue weighted by atomic mass is 10.2. The molecule has 0 aliphatic heterocycles. The van der Waals surface area contributed by atoms with E-state index in [-0.39, 0.29) is 0 Å². The first-order valence-corrected chi connectivity index (χ1v) is 9.16. The number of hydrogen-bond acceptors (Lipinski definition) is 2. The summed E-state index contributed by atoms with van der Waals surface area (Å²) in [6, 6.07) is 21.5. The van der Waals surface area contributed by atoms with Crippen LogP contribution < -0.4 is 0 Å². The number of rotatable bonds is 7. The number of thioether (sulfide) groups is 2. The van der Waals surface area contributed by atoms with Crippen molar-refractivity contribution in [2.24, 2.45) is 5.92 Å². The summed E-state index contributed by atoms with van der Waals surface area (Å²) in [5.74, 6) is 2.90. The summed E-state index contributed by atoms with van der Waals surface area (Å²) in [6.45, 7) is 4.64. The SMILES string of the molecule is CC(C)C(SCc1ccccc1)SCc1ccccc1. The van der Waals surface area contributed by atoms with Crippen molar-refractivity contribution in [2.45, 2.75) is 29.9 Å². The lowest BCUT2D eigenvalue weighted by Gasteiger charge is -2.20. The Labute approximate surface area is 131 Å². The third kappa shape index (κ3) is 5.26. The zero-order valence-corrected chi connectivity index (χ0v) is 13.8. The van der Waals surface area contributed by atoms with Crippen molar-refractivity contribution >= 4 is 23.5 Å². The van der Waals surface area contributed by atoms with E-state index >= 15 is 0 Å². The van der Waals surface area contributed by atoms with Gasteiger partial charge in [0.15, 0.2) is 0 Å². The highest BCUT2D eigenvalue weighted by Crippen LogP contribution is 2.34. The highest BCUT2D eigenvalue weighted by molar-refractivity contribution is 8.16. The third-order valence-electron chi connectivity index (χ3n) is 3.06. The van der Waals surface area contributed by atoms with Crippen LogP contribution >= 0.6 is 23.5 Å². The second kappa shape index (κ2) is 8.43. The Bertz CT molecular complexity index is 436. The van der Waals surface area contributed by atoms with Gasteiger partial charge in [0.05, 0.1) is 4.58 Å². The van der Waals surface area contributed by atoms with E-state index in [1.54, 1.807) is 0 Å². The van der Waals surface area contributed by atoms with Crippen molar-refractivity contribution in [3.63, 3.8) is 0 Å². The molecule has 20 heavy (non-hydrogen) atoms. The van der Waals surface area contributed by atoms with E-state index in [0.29, 0.717) is 10.5 Å². The average molecular weight is 303 g/mol. The van der Waals surface area contributed by atoms with Crippen LogP contribution in [-0.4, -0.2) is 4.58 Å². The molecule has 2 rings (SSSR count). The van der Waals surface area contributed by atoms with Gasteiger partial charge in [0.1, 0.15) is 0 Å². The van der Waals surface area contributed by atoms with Gasteiger partial charge in [-0.05, 0) is 17.0 Å². The molecule has 106 valence electrons. The molecule has 0 nitrogen and oxygen atoms in total. The van der Waals surface area contributed by atoms with Crippen LogP contribution in [0, 0.1) is 5.92 Å². The minimum Gasteiger partial charge on any atom is -0.143 e. The Morgan fingerprint density at radius 2 is 1.10 bits per heavy atom. The Balaban J connectivity index is 1.84. The van der Waals surface area contributed by atoms with Gasteiger partial charge in [-0.25, -0.2) is 0 Å². The molecule has 0 saturated carbocycles. The normalized spacial score (nSPS) is 11.2. The van der Waals surface area contributed by atoms with Crippen molar-refractivity contribution in [1.82, 2.24) is 0 Å². The molecule has 0 heterocycles. The fourth-order valence-electron chi connectivity index (χ4n) is 1.94. The molecule has 2 heteroatoms. The van der Waals surface area contributed by atoms with Gasteiger partial charge in [-0.2, -0.15) is 0 Å². The van der Waals surface area contributed by atoms with Crippen LogP contribution in [0.3, 0.4) is 0 Å². The first-order valence-electron chi connectivity index (χ1n) is 7.07. The quantitative estimate of drug-likeness (QED) is 0.590. The van der Waals surface area contributed by atoms with Crippen LogP contribution in [0.4, 0.5) is 0 Å². The maximum Gasteiger partial charge on any atom is 0.0532 e. The fraction of sp³-hybridized carbons (Fsp3) is 0.333. The maximum atomic E-state index is 2.32. The van der Waals surface area contributed by atoms with E-state index in [2.05, 4.69) is 98.0 Å². The van der Waals surface area contributed by atoms with Gasteiger partial charge in [-0.3, -0.25) is 0 Å². The first-order chi connectivity index (χ1) is 9.75. The zero-order chi connectivity index (χ0) is 14.2. The smallest absolute Gasteiger partial charge is 0.0532 e. The van der Waals surface area contributed by atoms with Crippen LogP contribution in [0.1, 0.15) is 25.0 Å². The van der Waals surface area contributed by atoms with Crippen LogP contribution in [0.5, 0.6) is 0 Å². The maximum absolute atomic E-state index is 2.32. The molecule has 0 bridgehead atoms. The van der Waals surface area contributed by atoms with Crippen molar-refractivity contribution in [1.29, 1.82) is 0 Å².